The number of likely N-dealkylation sites (N-methyl/N-ethyl adjacent to an activating group) is 1. The summed E-state index contributed by atoms with van der Waals surface area (Å²) in [5.74, 6) is -3.13. The molecule has 0 aliphatic carbocycles. The number of carbonyl (C=O) groups is 2. The average Bonchev–Trinajstić information content (AvgIpc) is 2.63. The Morgan fingerprint density at radius 3 is 2.52 bits per heavy atom. The van der Waals surface area contributed by atoms with Gasteiger partial charge < -0.3 is 15.0 Å². The molecule has 2 aromatic rings. The van der Waals surface area contributed by atoms with E-state index >= 15 is 0 Å². The molecule has 0 atom stereocenters. The van der Waals surface area contributed by atoms with Crippen LogP contribution in [0.1, 0.15) is 16.8 Å². The molecule has 0 aliphatic heterocycles. The Labute approximate surface area is 154 Å². The van der Waals surface area contributed by atoms with Gasteiger partial charge in [-0.15, -0.1) is 0 Å². The van der Waals surface area contributed by atoms with Crippen molar-refractivity contribution in [1.29, 1.82) is 0 Å². The van der Waals surface area contributed by atoms with Gasteiger partial charge in [-0.1, -0.05) is 12.1 Å². The van der Waals surface area contributed by atoms with E-state index in [-0.39, 0.29) is 43.3 Å². The Kier molecular flexibility index (Phi) is 7.22. The summed E-state index contributed by atoms with van der Waals surface area (Å²) in [7, 11) is 1.55. The maximum atomic E-state index is 13.5. The van der Waals surface area contributed by atoms with Gasteiger partial charge in [0.05, 0.1) is 12.1 Å². The normalized spacial score (nSPS) is 10.4. The highest BCUT2D eigenvalue weighted by molar-refractivity contribution is 5.94. The van der Waals surface area contributed by atoms with Crippen molar-refractivity contribution in [1.82, 2.24) is 10.2 Å². The summed E-state index contributed by atoms with van der Waals surface area (Å²) >= 11 is 0. The number of amides is 2. The Bertz CT molecular complexity index is 815. The molecule has 0 bridgehead atoms. The molecule has 0 saturated heterocycles. The van der Waals surface area contributed by atoms with Crippen LogP contribution in [0.5, 0.6) is 5.75 Å². The molecule has 5 nitrogen and oxygen atoms in total. The van der Waals surface area contributed by atoms with Gasteiger partial charge in [-0.25, -0.2) is 13.2 Å². The monoisotopic (exact) mass is 380 g/mol. The van der Waals surface area contributed by atoms with Crippen molar-refractivity contribution in [3.8, 4) is 5.75 Å². The second kappa shape index (κ2) is 9.61. The highest BCUT2D eigenvalue weighted by atomic mass is 19.1. The Morgan fingerprint density at radius 1 is 1.07 bits per heavy atom. The lowest BCUT2D eigenvalue weighted by atomic mass is 10.2. The predicted octanol–water partition coefficient (Wildman–Crippen LogP) is 2.76. The second-order valence-corrected chi connectivity index (χ2v) is 5.72. The third-order valence-electron chi connectivity index (χ3n) is 3.75. The molecule has 0 radical (unpaired) electrons. The molecule has 1 N–H and O–H groups in total. The van der Waals surface area contributed by atoms with Crippen LogP contribution in [-0.4, -0.2) is 43.5 Å². The van der Waals surface area contributed by atoms with Gasteiger partial charge in [-0.05, 0) is 24.3 Å². The average molecular weight is 380 g/mol. The van der Waals surface area contributed by atoms with E-state index < -0.39 is 23.4 Å². The molecule has 2 aromatic carbocycles. The smallest absolute Gasteiger partial charge is 0.254 e. The zero-order valence-electron chi connectivity index (χ0n) is 14.7. The van der Waals surface area contributed by atoms with Crippen molar-refractivity contribution in [2.75, 3.05) is 26.7 Å². The van der Waals surface area contributed by atoms with Crippen molar-refractivity contribution < 1.29 is 27.5 Å². The lowest BCUT2D eigenvalue weighted by Gasteiger charge is -2.18. The van der Waals surface area contributed by atoms with Crippen LogP contribution in [0.2, 0.25) is 0 Å². The zero-order valence-corrected chi connectivity index (χ0v) is 14.7. The predicted molar refractivity (Wildman–Crippen MR) is 92.8 cm³/mol. The summed E-state index contributed by atoms with van der Waals surface area (Å²) < 4.78 is 45.0. The summed E-state index contributed by atoms with van der Waals surface area (Å²) in [5.41, 5.74) is -0.296. The Balaban J connectivity index is 1.71. The molecular weight excluding hydrogens is 361 g/mol. The fourth-order valence-electron chi connectivity index (χ4n) is 2.22. The van der Waals surface area contributed by atoms with E-state index in [1.54, 1.807) is 19.2 Å². The van der Waals surface area contributed by atoms with Crippen molar-refractivity contribution in [2.45, 2.75) is 6.42 Å². The first-order chi connectivity index (χ1) is 12.9. The molecule has 0 saturated carbocycles. The lowest BCUT2D eigenvalue weighted by Crippen LogP contribution is -2.34. The van der Waals surface area contributed by atoms with E-state index in [1.165, 1.54) is 17.0 Å². The highest BCUT2D eigenvalue weighted by Gasteiger charge is 2.14. The number of hydrogen-bond acceptors (Lipinski definition) is 3. The number of nitrogens with one attached hydrogen (secondary N) is 1. The zero-order chi connectivity index (χ0) is 19.8. The highest BCUT2D eigenvalue weighted by Crippen LogP contribution is 2.15. The quantitative estimate of drug-likeness (QED) is 0.766. The second-order valence-electron chi connectivity index (χ2n) is 5.72. The molecule has 2 rings (SSSR count). The number of carbonyl (C=O) groups excluding carboxylic acids is 2. The van der Waals surface area contributed by atoms with E-state index in [1.807, 2.05) is 0 Å². The van der Waals surface area contributed by atoms with E-state index in [0.29, 0.717) is 6.07 Å². The number of rotatable bonds is 8. The fourth-order valence-corrected chi connectivity index (χ4v) is 2.22. The van der Waals surface area contributed by atoms with Crippen molar-refractivity contribution in [3.05, 3.63) is 65.5 Å². The van der Waals surface area contributed by atoms with Crippen LogP contribution in [0.25, 0.3) is 0 Å². The number of benzene rings is 2. The minimum atomic E-state index is -0.971. The number of nitrogens with zero attached hydrogens (tertiary/aromatic N) is 1. The van der Waals surface area contributed by atoms with Crippen LogP contribution >= 0.6 is 0 Å². The van der Waals surface area contributed by atoms with Crippen molar-refractivity contribution in [3.63, 3.8) is 0 Å². The molecular formula is C19H19F3N2O3. The van der Waals surface area contributed by atoms with Gasteiger partial charge in [0.2, 0.25) is 5.91 Å². The number of hydrogen-bond donors (Lipinski definition) is 1. The van der Waals surface area contributed by atoms with Crippen molar-refractivity contribution >= 4 is 11.8 Å². The number of para-hydroxylation sites is 1. The van der Waals surface area contributed by atoms with Crippen molar-refractivity contribution in [2.24, 2.45) is 0 Å². The largest absolute Gasteiger partial charge is 0.489 e. The molecule has 2 amide bonds. The summed E-state index contributed by atoms with van der Waals surface area (Å²) in [6.45, 7) is 0.330. The maximum absolute atomic E-state index is 13.5. The molecule has 27 heavy (non-hydrogen) atoms. The third kappa shape index (κ3) is 6.02. The van der Waals surface area contributed by atoms with Crippen LogP contribution in [0.4, 0.5) is 13.2 Å². The minimum Gasteiger partial charge on any atom is -0.489 e. The van der Waals surface area contributed by atoms with Crippen LogP contribution in [-0.2, 0) is 4.79 Å². The molecule has 0 fully saturated rings. The first-order valence-electron chi connectivity index (χ1n) is 8.23. The van der Waals surface area contributed by atoms with Gasteiger partial charge in [0.1, 0.15) is 18.2 Å². The SMILES string of the molecule is CN(CCOc1ccccc1F)C(=O)CCNC(=O)c1ccc(F)cc1F. The summed E-state index contributed by atoms with van der Waals surface area (Å²) in [6, 6.07) is 8.58. The first kappa shape index (κ1) is 20.3. The van der Waals surface area contributed by atoms with Gasteiger partial charge >= 0.3 is 0 Å². The Morgan fingerprint density at radius 2 is 1.81 bits per heavy atom. The molecule has 0 aromatic heterocycles. The standard InChI is InChI=1S/C19H19F3N2O3/c1-24(10-11-27-17-5-3-2-4-15(17)21)18(25)8-9-23-19(26)14-7-6-13(20)12-16(14)22/h2-7,12H,8-11H2,1H3,(H,23,26). The summed E-state index contributed by atoms with van der Waals surface area (Å²) in [6.07, 6.45) is -0.00917. The van der Waals surface area contributed by atoms with Crippen LogP contribution in [0.3, 0.4) is 0 Å². The first-order valence-corrected chi connectivity index (χ1v) is 8.23. The van der Waals surface area contributed by atoms with E-state index in [9.17, 15) is 22.8 Å². The van der Waals surface area contributed by atoms with Gasteiger partial charge in [-0.2, -0.15) is 0 Å². The van der Waals surface area contributed by atoms with Gasteiger partial charge in [0.25, 0.3) is 5.91 Å². The van der Waals surface area contributed by atoms with Gasteiger partial charge in [0, 0.05) is 26.1 Å². The molecule has 8 heteroatoms. The van der Waals surface area contributed by atoms with E-state index in [0.717, 1.165) is 12.1 Å². The van der Waals surface area contributed by atoms with Crippen LogP contribution < -0.4 is 10.1 Å². The maximum Gasteiger partial charge on any atom is 0.254 e. The third-order valence-corrected chi connectivity index (χ3v) is 3.75. The molecule has 0 unspecified atom stereocenters. The fraction of sp³-hybridized carbons (Fsp3) is 0.263. The summed E-state index contributed by atoms with van der Waals surface area (Å²) in [5, 5.41) is 2.40. The minimum absolute atomic E-state index is 0.00695. The lowest BCUT2D eigenvalue weighted by molar-refractivity contribution is -0.130. The van der Waals surface area contributed by atoms with Crippen LogP contribution in [0.15, 0.2) is 42.5 Å². The summed E-state index contributed by atoms with van der Waals surface area (Å²) in [4.78, 5) is 25.2. The van der Waals surface area contributed by atoms with Gasteiger partial charge in [0.15, 0.2) is 11.6 Å². The number of halogens is 3. The molecule has 144 valence electrons. The van der Waals surface area contributed by atoms with Crippen LogP contribution in [0, 0.1) is 17.5 Å². The molecule has 0 heterocycles. The van der Waals surface area contributed by atoms with Gasteiger partial charge in [-0.3, -0.25) is 9.59 Å². The number of ether oxygens (including phenoxy) is 1. The Hall–Kier alpha value is -3.03. The topological polar surface area (TPSA) is 58.6 Å². The van der Waals surface area contributed by atoms with E-state index in [4.69, 9.17) is 4.74 Å². The van der Waals surface area contributed by atoms with E-state index in [2.05, 4.69) is 5.32 Å². The molecule has 0 aliphatic rings. The molecule has 0 spiro atoms.